The maximum absolute atomic E-state index is 12.8. The third-order valence-corrected chi connectivity index (χ3v) is 4.28. The molecule has 8 heteroatoms. The van der Waals surface area contributed by atoms with Crippen LogP contribution in [-0.2, 0) is 16.1 Å². The fourth-order valence-electron chi connectivity index (χ4n) is 2.95. The number of benzene rings is 1. The van der Waals surface area contributed by atoms with Crippen molar-refractivity contribution in [3.8, 4) is 0 Å². The summed E-state index contributed by atoms with van der Waals surface area (Å²) >= 11 is 0. The van der Waals surface area contributed by atoms with Crippen molar-refractivity contribution in [1.29, 1.82) is 0 Å². The summed E-state index contributed by atoms with van der Waals surface area (Å²) in [6.45, 7) is 4.76. The maximum atomic E-state index is 12.8. The third kappa shape index (κ3) is 5.32. The lowest BCUT2D eigenvalue weighted by Crippen LogP contribution is -2.42. The molecule has 0 atom stereocenters. The van der Waals surface area contributed by atoms with E-state index in [1.165, 1.54) is 9.47 Å². The zero-order valence-electron chi connectivity index (χ0n) is 16.6. The first-order valence-corrected chi connectivity index (χ1v) is 9.31. The highest BCUT2D eigenvalue weighted by Gasteiger charge is 2.24. The van der Waals surface area contributed by atoms with Gasteiger partial charge in [0.1, 0.15) is 5.82 Å². The Balaban J connectivity index is 2.49. The molecule has 0 aliphatic rings. The number of ether oxygens (including phenoxy) is 1. The van der Waals surface area contributed by atoms with Gasteiger partial charge in [-0.25, -0.2) is 4.79 Å². The molecule has 0 unspecified atom stereocenters. The molecule has 152 valence electrons. The van der Waals surface area contributed by atoms with Gasteiger partial charge < -0.3 is 15.4 Å². The number of methoxy groups -OCH3 is 1. The van der Waals surface area contributed by atoms with Crippen molar-refractivity contribution in [1.82, 2.24) is 9.55 Å². The summed E-state index contributed by atoms with van der Waals surface area (Å²) in [7, 11) is 1.57. The quantitative estimate of drug-likeness (QED) is 0.634. The lowest BCUT2D eigenvalue weighted by atomic mass is 10.1. The number of aromatic nitrogens is 2. The van der Waals surface area contributed by atoms with Crippen molar-refractivity contribution in [3.63, 3.8) is 0 Å². The van der Waals surface area contributed by atoms with Crippen LogP contribution in [0, 0.1) is 5.92 Å². The minimum Gasteiger partial charge on any atom is -0.385 e. The van der Waals surface area contributed by atoms with Crippen LogP contribution >= 0.6 is 0 Å². The van der Waals surface area contributed by atoms with Gasteiger partial charge in [-0.2, -0.15) is 0 Å². The van der Waals surface area contributed by atoms with Gasteiger partial charge in [-0.05, 0) is 17.9 Å². The van der Waals surface area contributed by atoms with Gasteiger partial charge in [0.05, 0.1) is 6.54 Å². The van der Waals surface area contributed by atoms with E-state index >= 15 is 0 Å². The molecule has 8 nitrogen and oxygen atoms in total. The molecule has 28 heavy (non-hydrogen) atoms. The minimum absolute atomic E-state index is 0.0114. The van der Waals surface area contributed by atoms with Gasteiger partial charge in [0, 0.05) is 26.7 Å². The molecule has 3 N–H and O–H groups in total. The number of nitrogens with zero attached hydrogens (tertiary/aromatic N) is 2. The molecule has 0 spiro atoms. The first kappa shape index (κ1) is 21.4. The Morgan fingerprint density at radius 3 is 2.54 bits per heavy atom. The van der Waals surface area contributed by atoms with Crippen molar-refractivity contribution >= 4 is 17.4 Å². The number of hydrogen-bond donors (Lipinski definition) is 2. The average molecular weight is 388 g/mol. The van der Waals surface area contributed by atoms with E-state index < -0.39 is 11.2 Å². The Kier molecular flexibility index (Phi) is 7.57. The number of H-pyrrole nitrogens is 1. The molecule has 2 rings (SSSR count). The highest BCUT2D eigenvalue weighted by Crippen LogP contribution is 2.20. The van der Waals surface area contributed by atoms with E-state index in [0.29, 0.717) is 13.0 Å². The largest absolute Gasteiger partial charge is 0.385 e. The molecule has 0 bridgehead atoms. The number of carbonyl (C=O) groups is 1. The maximum Gasteiger partial charge on any atom is 0.330 e. The highest BCUT2D eigenvalue weighted by molar-refractivity contribution is 5.95. The Labute approximate surface area is 163 Å². The second-order valence-electron chi connectivity index (χ2n) is 7.05. The number of aromatic amines is 1. The molecule has 0 saturated heterocycles. The van der Waals surface area contributed by atoms with Crippen LogP contribution < -0.4 is 21.9 Å². The van der Waals surface area contributed by atoms with Crippen LogP contribution in [0.5, 0.6) is 0 Å². The Morgan fingerprint density at radius 2 is 1.93 bits per heavy atom. The Morgan fingerprint density at radius 1 is 1.25 bits per heavy atom. The van der Waals surface area contributed by atoms with Gasteiger partial charge in [-0.3, -0.25) is 19.1 Å². The van der Waals surface area contributed by atoms with Gasteiger partial charge in [-0.1, -0.05) is 44.2 Å². The number of nitrogens with one attached hydrogen (secondary N) is 1. The van der Waals surface area contributed by atoms with Crippen molar-refractivity contribution in [2.75, 3.05) is 30.9 Å². The number of nitrogen functional groups attached to an aromatic ring is 1. The molecule has 1 aromatic carbocycles. The van der Waals surface area contributed by atoms with E-state index in [0.717, 1.165) is 5.56 Å². The Hall–Kier alpha value is -2.87. The van der Waals surface area contributed by atoms with E-state index in [4.69, 9.17) is 10.5 Å². The van der Waals surface area contributed by atoms with Crippen LogP contribution in [0.1, 0.15) is 32.3 Å². The number of amides is 1. The molecule has 2 aromatic rings. The van der Waals surface area contributed by atoms with Crippen LogP contribution in [0.25, 0.3) is 0 Å². The first-order valence-electron chi connectivity index (χ1n) is 9.31. The molecule has 0 aliphatic heterocycles. The number of anilines is 2. The monoisotopic (exact) mass is 388 g/mol. The highest BCUT2D eigenvalue weighted by atomic mass is 16.5. The van der Waals surface area contributed by atoms with Crippen molar-refractivity contribution < 1.29 is 9.53 Å². The molecular weight excluding hydrogens is 360 g/mol. The molecule has 0 aliphatic carbocycles. The number of carbonyl (C=O) groups excluding carboxylic acids is 1. The summed E-state index contributed by atoms with van der Waals surface area (Å²) in [5.74, 6) is -0.117. The van der Waals surface area contributed by atoms with Crippen molar-refractivity contribution in [2.45, 2.75) is 33.2 Å². The van der Waals surface area contributed by atoms with E-state index in [2.05, 4.69) is 4.98 Å². The molecule has 1 aromatic heterocycles. The topological polar surface area (TPSA) is 110 Å². The molecule has 0 radical (unpaired) electrons. The SMILES string of the molecule is COCCCN(C(=O)CC(C)C)c1c(N)n(Cc2ccccc2)c(=O)[nH]c1=O. The minimum atomic E-state index is -0.665. The summed E-state index contributed by atoms with van der Waals surface area (Å²) in [5, 5.41) is 0. The molecule has 0 fully saturated rings. The standard InChI is InChI=1S/C20H28N4O4/c1-14(2)12-16(25)23(10-7-11-28-3)17-18(21)24(20(27)22-19(17)26)13-15-8-5-4-6-9-15/h4-6,8-9,14H,7,10-13,21H2,1-3H3,(H,22,26,27). The predicted molar refractivity (Wildman–Crippen MR) is 110 cm³/mol. The fourth-order valence-corrected chi connectivity index (χ4v) is 2.95. The van der Waals surface area contributed by atoms with Gasteiger partial charge in [-0.15, -0.1) is 0 Å². The van der Waals surface area contributed by atoms with Crippen LogP contribution in [0.2, 0.25) is 0 Å². The normalized spacial score (nSPS) is 11.0. The number of hydrogen-bond acceptors (Lipinski definition) is 5. The summed E-state index contributed by atoms with van der Waals surface area (Å²) in [6, 6.07) is 9.29. The van der Waals surface area contributed by atoms with Gasteiger partial charge in [0.2, 0.25) is 5.91 Å². The molecular formula is C20H28N4O4. The molecule has 0 saturated carbocycles. The van der Waals surface area contributed by atoms with E-state index in [1.54, 1.807) is 7.11 Å². The van der Waals surface area contributed by atoms with Crippen LogP contribution in [0.3, 0.4) is 0 Å². The van der Waals surface area contributed by atoms with E-state index in [1.807, 2.05) is 44.2 Å². The summed E-state index contributed by atoms with van der Waals surface area (Å²) < 4.78 is 6.34. The van der Waals surface area contributed by atoms with Gasteiger partial charge in [0.15, 0.2) is 5.69 Å². The van der Waals surface area contributed by atoms with Crippen molar-refractivity contribution in [2.24, 2.45) is 5.92 Å². The molecule has 1 amide bonds. The average Bonchev–Trinajstić information content (AvgIpc) is 2.64. The predicted octanol–water partition coefficient (Wildman–Crippen LogP) is 1.58. The lowest BCUT2D eigenvalue weighted by molar-refractivity contribution is -0.119. The number of nitrogens with two attached hydrogens (primary N) is 1. The zero-order chi connectivity index (χ0) is 20.7. The Bertz CT molecular complexity index is 903. The van der Waals surface area contributed by atoms with Gasteiger partial charge in [0.25, 0.3) is 5.56 Å². The lowest BCUT2D eigenvalue weighted by Gasteiger charge is -2.25. The summed E-state index contributed by atoms with van der Waals surface area (Å²) in [6.07, 6.45) is 0.806. The summed E-state index contributed by atoms with van der Waals surface area (Å²) in [4.78, 5) is 41.4. The summed E-state index contributed by atoms with van der Waals surface area (Å²) in [5.41, 5.74) is 5.82. The van der Waals surface area contributed by atoms with E-state index in [-0.39, 0.29) is 42.8 Å². The second-order valence-corrected chi connectivity index (χ2v) is 7.05. The van der Waals surface area contributed by atoms with Crippen LogP contribution in [0.4, 0.5) is 11.5 Å². The zero-order valence-corrected chi connectivity index (χ0v) is 16.6. The van der Waals surface area contributed by atoms with Crippen LogP contribution in [0.15, 0.2) is 39.9 Å². The fraction of sp³-hybridized carbons (Fsp3) is 0.450. The number of rotatable bonds is 9. The second kappa shape index (κ2) is 9.89. The van der Waals surface area contributed by atoms with Crippen molar-refractivity contribution in [3.05, 3.63) is 56.7 Å². The smallest absolute Gasteiger partial charge is 0.330 e. The third-order valence-electron chi connectivity index (χ3n) is 4.28. The van der Waals surface area contributed by atoms with Crippen LogP contribution in [-0.4, -0.2) is 35.7 Å². The molecule has 1 heterocycles. The first-order chi connectivity index (χ1) is 13.3. The van der Waals surface area contributed by atoms with Gasteiger partial charge >= 0.3 is 5.69 Å². The van der Waals surface area contributed by atoms with E-state index in [9.17, 15) is 14.4 Å².